The molecule has 3 aromatic rings. The van der Waals surface area contributed by atoms with Crippen LogP contribution in [0.25, 0.3) is 28.1 Å². The average molecular weight is 472 g/mol. The minimum absolute atomic E-state index is 0.0731. The van der Waals surface area contributed by atoms with E-state index >= 15 is 0 Å². The molecule has 0 amide bonds. The molecule has 0 bridgehead atoms. The van der Waals surface area contributed by atoms with Crippen LogP contribution in [0.4, 0.5) is 15.8 Å². The Hall–Kier alpha value is -3.77. The fourth-order valence-corrected chi connectivity index (χ4v) is 4.04. The first-order valence-corrected chi connectivity index (χ1v) is 11.4. The summed E-state index contributed by atoms with van der Waals surface area (Å²) in [5.41, 5.74) is 6.38. The molecule has 0 spiro atoms. The summed E-state index contributed by atoms with van der Waals surface area (Å²) in [6.45, 7) is 6.01. The molecule has 34 heavy (non-hydrogen) atoms. The summed E-state index contributed by atoms with van der Waals surface area (Å²) >= 11 is 6.14. The summed E-state index contributed by atoms with van der Waals surface area (Å²) in [5.74, 6) is -0.325. The van der Waals surface area contributed by atoms with E-state index in [-0.39, 0.29) is 11.9 Å². The lowest BCUT2D eigenvalue weighted by molar-refractivity contribution is 0.629. The van der Waals surface area contributed by atoms with Crippen molar-refractivity contribution in [3.63, 3.8) is 0 Å². The molecule has 1 N–H and O–H groups in total. The zero-order valence-electron chi connectivity index (χ0n) is 19.1. The Labute approximate surface area is 202 Å². The highest BCUT2D eigenvalue weighted by Gasteiger charge is 2.17. The van der Waals surface area contributed by atoms with Crippen LogP contribution < -0.4 is 10.7 Å². The number of aromatic nitrogens is 3. The smallest absolute Gasteiger partial charge is 0.125 e. The van der Waals surface area contributed by atoms with Crippen LogP contribution in [0.3, 0.4) is 0 Å². The number of benzene rings is 3. The van der Waals surface area contributed by atoms with E-state index < -0.39 is 0 Å². The molecule has 0 radical (unpaired) electrons. The van der Waals surface area contributed by atoms with Gasteiger partial charge in [-0.25, -0.2) is 9.37 Å². The van der Waals surface area contributed by atoms with Gasteiger partial charge in [0.15, 0.2) is 0 Å². The molecular formula is C27H23ClFN5. The van der Waals surface area contributed by atoms with Crippen molar-refractivity contribution in [1.82, 2.24) is 14.5 Å². The standard InChI is InChI=1S/C27H23ClFN5/c1-16(2)31-24-14-27-25(13-23(24)32-20-8-4-17(3)30-15-20)33-22-11-7-19(29)12-26(22)34(27)21-9-5-18(28)6-10-21/h4-16,32H,1-3H3/b31-24+. The quantitative estimate of drug-likeness (QED) is 0.297. The van der Waals surface area contributed by atoms with E-state index in [4.69, 9.17) is 21.6 Å². The van der Waals surface area contributed by atoms with E-state index in [1.54, 1.807) is 12.3 Å². The molecule has 5 nitrogen and oxygen atoms in total. The Morgan fingerprint density at radius 3 is 2.50 bits per heavy atom. The largest absolute Gasteiger partial charge is 0.352 e. The third kappa shape index (κ3) is 4.37. The number of aryl methyl sites for hydroxylation is 1. The highest BCUT2D eigenvalue weighted by molar-refractivity contribution is 6.30. The SMILES string of the molecule is Cc1ccc(Nc2cc3nc4ccc(F)cc4n(-c4ccc(Cl)cc4)c-3c/c2=N\C(C)C)cn1. The fourth-order valence-electron chi connectivity index (χ4n) is 3.91. The molecule has 0 unspecified atom stereocenters. The van der Waals surface area contributed by atoms with E-state index in [2.05, 4.69) is 10.3 Å². The summed E-state index contributed by atoms with van der Waals surface area (Å²) in [5, 5.41) is 4.85. The van der Waals surface area contributed by atoms with E-state index in [9.17, 15) is 4.39 Å². The van der Waals surface area contributed by atoms with Crippen molar-refractivity contribution >= 4 is 34.0 Å². The van der Waals surface area contributed by atoms with Crippen LogP contribution in [0.1, 0.15) is 19.5 Å². The number of rotatable bonds is 4. The van der Waals surface area contributed by atoms with Gasteiger partial charge in [-0.05, 0) is 81.4 Å². The summed E-state index contributed by atoms with van der Waals surface area (Å²) in [4.78, 5) is 14.1. The molecule has 2 aliphatic rings. The molecule has 1 aliphatic carbocycles. The first-order valence-electron chi connectivity index (χ1n) is 11.0. The molecule has 5 rings (SSSR count). The number of hydrogen-bond donors (Lipinski definition) is 1. The van der Waals surface area contributed by atoms with Gasteiger partial charge in [-0.15, -0.1) is 0 Å². The van der Waals surface area contributed by atoms with Crippen molar-refractivity contribution in [3.8, 4) is 17.1 Å². The van der Waals surface area contributed by atoms with Crippen molar-refractivity contribution in [2.75, 3.05) is 5.32 Å². The van der Waals surface area contributed by atoms with Crippen LogP contribution in [0, 0.1) is 12.7 Å². The van der Waals surface area contributed by atoms with Crippen molar-refractivity contribution in [1.29, 1.82) is 0 Å². The van der Waals surface area contributed by atoms with Crippen LogP contribution in [-0.4, -0.2) is 20.6 Å². The second kappa shape index (κ2) is 8.88. The average Bonchev–Trinajstić information content (AvgIpc) is 2.80. The Kier molecular flexibility index (Phi) is 5.75. The van der Waals surface area contributed by atoms with Crippen LogP contribution >= 0.6 is 11.6 Å². The maximum absolute atomic E-state index is 14.3. The van der Waals surface area contributed by atoms with Gasteiger partial charge in [-0.1, -0.05) is 11.6 Å². The molecule has 0 fully saturated rings. The van der Waals surface area contributed by atoms with E-state index in [1.807, 2.05) is 73.9 Å². The summed E-state index contributed by atoms with van der Waals surface area (Å²) in [6.07, 6.45) is 1.79. The topological polar surface area (TPSA) is 55.1 Å². The lowest BCUT2D eigenvalue weighted by Crippen LogP contribution is -2.16. The van der Waals surface area contributed by atoms with Gasteiger partial charge >= 0.3 is 0 Å². The number of nitrogens with one attached hydrogen (secondary N) is 1. The van der Waals surface area contributed by atoms with Gasteiger partial charge in [0.05, 0.1) is 45.4 Å². The monoisotopic (exact) mass is 471 g/mol. The van der Waals surface area contributed by atoms with Gasteiger partial charge in [0, 0.05) is 28.5 Å². The first kappa shape index (κ1) is 22.0. The maximum Gasteiger partial charge on any atom is 0.125 e. The molecule has 1 aromatic heterocycles. The van der Waals surface area contributed by atoms with Gasteiger partial charge in [0.2, 0.25) is 0 Å². The lowest BCUT2D eigenvalue weighted by Gasteiger charge is -2.20. The van der Waals surface area contributed by atoms with E-state index in [0.29, 0.717) is 16.1 Å². The predicted molar refractivity (Wildman–Crippen MR) is 136 cm³/mol. The molecule has 1 aliphatic heterocycles. The molecule has 0 atom stereocenters. The highest BCUT2D eigenvalue weighted by Crippen LogP contribution is 2.31. The summed E-state index contributed by atoms with van der Waals surface area (Å²) < 4.78 is 16.3. The Balaban J connectivity index is 1.82. The number of nitrogens with zero attached hydrogens (tertiary/aromatic N) is 4. The van der Waals surface area contributed by atoms with Gasteiger partial charge in [-0.2, -0.15) is 0 Å². The van der Waals surface area contributed by atoms with Crippen LogP contribution in [0.15, 0.2) is 77.9 Å². The van der Waals surface area contributed by atoms with Crippen LogP contribution in [0.2, 0.25) is 5.02 Å². The molecular weight excluding hydrogens is 449 g/mol. The molecule has 2 heterocycles. The normalized spacial score (nSPS) is 12.1. The zero-order chi connectivity index (χ0) is 23.8. The minimum Gasteiger partial charge on any atom is -0.352 e. The first-order chi connectivity index (χ1) is 16.4. The number of anilines is 2. The summed E-state index contributed by atoms with van der Waals surface area (Å²) in [7, 11) is 0. The second-order valence-corrected chi connectivity index (χ2v) is 8.89. The van der Waals surface area contributed by atoms with Crippen molar-refractivity contribution in [2.24, 2.45) is 4.99 Å². The minimum atomic E-state index is -0.325. The van der Waals surface area contributed by atoms with Gasteiger partial charge < -0.3 is 9.88 Å². The number of halogens is 2. The van der Waals surface area contributed by atoms with Gasteiger partial charge in [-0.3, -0.25) is 9.98 Å². The molecule has 0 saturated heterocycles. The summed E-state index contributed by atoms with van der Waals surface area (Å²) in [6, 6.07) is 20.1. The third-order valence-electron chi connectivity index (χ3n) is 5.43. The number of hydrogen-bond acceptors (Lipinski definition) is 4. The molecule has 0 saturated carbocycles. The maximum atomic E-state index is 14.3. The molecule has 7 heteroatoms. The predicted octanol–water partition coefficient (Wildman–Crippen LogP) is 6.68. The third-order valence-corrected chi connectivity index (χ3v) is 5.68. The van der Waals surface area contributed by atoms with Crippen LogP contribution in [-0.2, 0) is 0 Å². The van der Waals surface area contributed by atoms with Gasteiger partial charge in [0.25, 0.3) is 0 Å². The fraction of sp³-hybridized carbons (Fsp3) is 0.148. The zero-order valence-corrected chi connectivity index (χ0v) is 19.8. The van der Waals surface area contributed by atoms with Crippen LogP contribution in [0.5, 0.6) is 0 Å². The lowest BCUT2D eigenvalue weighted by atomic mass is 10.1. The van der Waals surface area contributed by atoms with E-state index in [0.717, 1.165) is 39.5 Å². The van der Waals surface area contributed by atoms with Crippen molar-refractivity contribution in [2.45, 2.75) is 26.8 Å². The van der Waals surface area contributed by atoms with E-state index in [1.165, 1.54) is 12.1 Å². The van der Waals surface area contributed by atoms with Gasteiger partial charge in [0.1, 0.15) is 5.82 Å². The Bertz CT molecular complexity index is 1520. The molecule has 170 valence electrons. The van der Waals surface area contributed by atoms with Crippen molar-refractivity contribution in [3.05, 3.63) is 94.8 Å². The Morgan fingerprint density at radius 2 is 1.79 bits per heavy atom. The molecule has 2 aromatic carbocycles. The Morgan fingerprint density at radius 1 is 1.00 bits per heavy atom. The number of fused-ring (bicyclic) bond motifs is 2. The number of pyridine rings is 1. The second-order valence-electron chi connectivity index (χ2n) is 8.45. The highest BCUT2D eigenvalue weighted by atomic mass is 35.5. The van der Waals surface area contributed by atoms with Crippen molar-refractivity contribution < 1.29 is 4.39 Å².